The Morgan fingerprint density at radius 2 is 2.07 bits per heavy atom. The normalized spacial score (nSPS) is 10.9. The molecule has 0 unspecified atom stereocenters. The number of halogens is 1. The van der Waals surface area contributed by atoms with Crippen LogP contribution in [-0.4, -0.2) is 54.4 Å². The number of carbonyl (C=O) groups is 1. The SMILES string of the molecule is CCOCCc1ccc(OCCN(C)C(=O)c2[nH]nc(CC)c2Cl)c(C)c1. The van der Waals surface area contributed by atoms with Crippen LogP contribution in [0.25, 0.3) is 0 Å². The van der Waals surface area contributed by atoms with Crippen molar-refractivity contribution in [2.45, 2.75) is 33.6 Å². The second-order valence-electron chi connectivity index (χ2n) is 6.33. The number of benzene rings is 1. The summed E-state index contributed by atoms with van der Waals surface area (Å²) < 4.78 is 11.2. The summed E-state index contributed by atoms with van der Waals surface area (Å²) in [4.78, 5) is 14.1. The number of aryl methyl sites for hydroxylation is 2. The van der Waals surface area contributed by atoms with Gasteiger partial charge in [0, 0.05) is 13.7 Å². The summed E-state index contributed by atoms with van der Waals surface area (Å²) in [6, 6.07) is 6.13. The van der Waals surface area contributed by atoms with Gasteiger partial charge in [0.05, 0.1) is 23.9 Å². The first-order valence-electron chi connectivity index (χ1n) is 9.26. The fourth-order valence-corrected chi connectivity index (χ4v) is 2.99. The van der Waals surface area contributed by atoms with E-state index < -0.39 is 0 Å². The van der Waals surface area contributed by atoms with Gasteiger partial charge in [-0.1, -0.05) is 30.7 Å². The molecule has 2 aromatic rings. The number of nitrogens with one attached hydrogen (secondary N) is 1. The third-order valence-electron chi connectivity index (χ3n) is 4.33. The molecular weight excluding hydrogens is 366 g/mol. The number of H-pyrrole nitrogens is 1. The van der Waals surface area contributed by atoms with Gasteiger partial charge in [-0.3, -0.25) is 9.89 Å². The average Bonchev–Trinajstić information content (AvgIpc) is 3.03. The number of aromatic amines is 1. The average molecular weight is 394 g/mol. The Bertz CT molecular complexity index is 761. The molecule has 1 aromatic heterocycles. The lowest BCUT2D eigenvalue weighted by Crippen LogP contribution is -2.31. The molecule has 0 saturated carbocycles. The summed E-state index contributed by atoms with van der Waals surface area (Å²) in [5, 5.41) is 7.19. The number of rotatable bonds is 10. The smallest absolute Gasteiger partial charge is 0.273 e. The largest absolute Gasteiger partial charge is 0.491 e. The molecule has 27 heavy (non-hydrogen) atoms. The number of likely N-dealkylation sites (N-methyl/N-ethyl adjacent to an activating group) is 1. The third kappa shape index (κ3) is 5.71. The molecule has 1 heterocycles. The fourth-order valence-electron chi connectivity index (χ4n) is 2.69. The molecule has 1 amide bonds. The first-order chi connectivity index (χ1) is 13.0. The first kappa shape index (κ1) is 21.3. The van der Waals surface area contributed by atoms with E-state index in [9.17, 15) is 4.79 Å². The quantitative estimate of drug-likeness (QED) is 0.625. The monoisotopic (exact) mass is 393 g/mol. The number of nitrogens with zero attached hydrogens (tertiary/aromatic N) is 2. The Hall–Kier alpha value is -2.05. The van der Waals surface area contributed by atoms with Crippen molar-refractivity contribution in [3.05, 3.63) is 45.7 Å². The minimum atomic E-state index is -0.196. The number of aromatic nitrogens is 2. The first-order valence-corrected chi connectivity index (χ1v) is 9.63. The Morgan fingerprint density at radius 3 is 2.70 bits per heavy atom. The second kappa shape index (κ2) is 10.3. The molecule has 0 saturated heterocycles. The number of ether oxygens (including phenoxy) is 2. The van der Waals surface area contributed by atoms with Crippen molar-refractivity contribution in [3.8, 4) is 5.75 Å². The molecule has 7 heteroatoms. The van der Waals surface area contributed by atoms with Crippen molar-refractivity contribution in [3.63, 3.8) is 0 Å². The Morgan fingerprint density at radius 1 is 1.30 bits per heavy atom. The van der Waals surface area contributed by atoms with E-state index in [1.54, 1.807) is 11.9 Å². The Balaban J connectivity index is 1.86. The van der Waals surface area contributed by atoms with E-state index in [0.29, 0.717) is 36.0 Å². The van der Waals surface area contributed by atoms with Crippen molar-refractivity contribution in [2.75, 3.05) is 33.4 Å². The molecule has 0 fully saturated rings. The van der Waals surface area contributed by atoms with Crippen molar-refractivity contribution >= 4 is 17.5 Å². The predicted octanol–water partition coefficient (Wildman–Crippen LogP) is 3.66. The van der Waals surface area contributed by atoms with Crippen LogP contribution in [0, 0.1) is 6.92 Å². The molecule has 0 atom stereocenters. The lowest BCUT2D eigenvalue weighted by molar-refractivity contribution is 0.0768. The van der Waals surface area contributed by atoms with Gasteiger partial charge in [-0.15, -0.1) is 0 Å². The van der Waals surface area contributed by atoms with Crippen LogP contribution in [0.5, 0.6) is 5.75 Å². The molecule has 0 spiro atoms. The highest BCUT2D eigenvalue weighted by Gasteiger charge is 2.20. The molecule has 0 aliphatic rings. The van der Waals surface area contributed by atoms with Gasteiger partial charge < -0.3 is 14.4 Å². The number of hydrogen-bond acceptors (Lipinski definition) is 4. The van der Waals surface area contributed by atoms with Gasteiger partial charge in [0.1, 0.15) is 18.1 Å². The molecule has 0 bridgehead atoms. The van der Waals surface area contributed by atoms with Gasteiger partial charge in [-0.05, 0) is 43.9 Å². The summed E-state index contributed by atoms with van der Waals surface area (Å²) in [6.07, 6.45) is 1.56. The zero-order valence-electron chi connectivity index (χ0n) is 16.5. The van der Waals surface area contributed by atoms with Crippen molar-refractivity contribution in [1.29, 1.82) is 0 Å². The van der Waals surface area contributed by atoms with Crippen LogP contribution >= 0.6 is 11.6 Å². The van der Waals surface area contributed by atoms with Crippen molar-refractivity contribution in [2.24, 2.45) is 0 Å². The summed E-state index contributed by atoms with van der Waals surface area (Å²) in [5.41, 5.74) is 3.32. The maximum absolute atomic E-state index is 12.5. The van der Waals surface area contributed by atoms with E-state index in [1.807, 2.05) is 32.9 Å². The Labute approximate surface area is 165 Å². The molecular formula is C20H28ClN3O3. The highest BCUT2D eigenvalue weighted by Crippen LogP contribution is 2.21. The molecule has 0 aliphatic heterocycles. The summed E-state index contributed by atoms with van der Waals surface area (Å²) in [7, 11) is 1.72. The van der Waals surface area contributed by atoms with Gasteiger partial charge in [0.15, 0.2) is 0 Å². The predicted molar refractivity (Wildman–Crippen MR) is 107 cm³/mol. The molecule has 0 aliphatic carbocycles. The van der Waals surface area contributed by atoms with E-state index in [2.05, 4.69) is 16.3 Å². The highest BCUT2D eigenvalue weighted by molar-refractivity contribution is 6.34. The third-order valence-corrected chi connectivity index (χ3v) is 4.74. The van der Waals surface area contributed by atoms with E-state index in [1.165, 1.54) is 5.56 Å². The maximum Gasteiger partial charge on any atom is 0.273 e. The number of amides is 1. The summed E-state index contributed by atoms with van der Waals surface area (Å²) >= 11 is 6.19. The zero-order valence-corrected chi connectivity index (χ0v) is 17.2. The maximum atomic E-state index is 12.5. The van der Waals surface area contributed by atoms with E-state index in [-0.39, 0.29) is 5.91 Å². The van der Waals surface area contributed by atoms with Crippen LogP contribution < -0.4 is 4.74 Å². The van der Waals surface area contributed by atoms with Crippen LogP contribution in [0.2, 0.25) is 5.02 Å². The van der Waals surface area contributed by atoms with Crippen molar-refractivity contribution < 1.29 is 14.3 Å². The minimum Gasteiger partial charge on any atom is -0.491 e. The topological polar surface area (TPSA) is 67.5 Å². The zero-order chi connectivity index (χ0) is 19.8. The van der Waals surface area contributed by atoms with Gasteiger partial charge in [-0.2, -0.15) is 5.10 Å². The van der Waals surface area contributed by atoms with E-state index in [4.69, 9.17) is 21.1 Å². The van der Waals surface area contributed by atoms with Crippen LogP contribution in [0.1, 0.15) is 41.2 Å². The molecule has 148 valence electrons. The standard InChI is InChI=1S/C20H28ClN3O3/c1-5-16-18(21)19(23-22-16)20(25)24(4)10-12-27-17-8-7-15(13-14(17)3)9-11-26-6-2/h7-8,13H,5-6,9-12H2,1-4H3,(H,22,23). The summed E-state index contributed by atoms with van der Waals surface area (Å²) in [5.74, 6) is 0.627. The van der Waals surface area contributed by atoms with Crippen LogP contribution in [0.4, 0.5) is 0 Å². The van der Waals surface area contributed by atoms with E-state index in [0.717, 1.165) is 30.9 Å². The fraction of sp³-hybridized carbons (Fsp3) is 0.500. The highest BCUT2D eigenvalue weighted by atomic mass is 35.5. The van der Waals surface area contributed by atoms with Crippen molar-refractivity contribution in [1.82, 2.24) is 15.1 Å². The van der Waals surface area contributed by atoms with Crippen LogP contribution in [-0.2, 0) is 17.6 Å². The summed E-state index contributed by atoms with van der Waals surface area (Å²) in [6.45, 7) is 8.25. The Kier molecular flexibility index (Phi) is 8.13. The van der Waals surface area contributed by atoms with Gasteiger partial charge in [-0.25, -0.2) is 0 Å². The second-order valence-corrected chi connectivity index (χ2v) is 6.71. The van der Waals surface area contributed by atoms with E-state index >= 15 is 0 Å². The molecule has 6 nitrogen and oxygen atoms in total. The molecule has 1 N–H and O–H groups in total. The van der Waals surface area contributed by atoms with Gasteiger partial charge in [0.25, 0.3) is 5.91 Å². The van der Waals surface area contributed by atoms with Crippen LogP contribution in [0.3, 0.4) is 0 Å². The lowest BCUT2D eigenvalue weighted by atomic mass is 10.1. The number of hydrogen-bond donors (Lipinski definition) is 1. The van der Waals surface area contributed by atoms with Crippen LogP contribution in [0.15, 0.2) is 18.2 Å². The number of carbonyl (C=O) groups excluding carboxylic acids is 1. The van der Waals surface area contributed by atoms with Gasteiger partial charge >= 0.3 is 0 Å². The lowest BCUT2D eigenvalue weighted by Gasteiger charge is -2.17. The molecule has 1 aromatic carbocycles. The molecule has 0 radical (unpaired) electrons. The minimum absolute atomic E-state index is 0.196. The molecule has 2 rings (SSSR count). The van der Waals surface area contributed by atoms with Gasteiger partial charge in [0.2, 0.25) is 0 Å².